The fourth-order valence-corrected chi connectivity index (χ4v) is 2.82. The lowest BCUT2D eigenvalue weighted by molar-refractivity contribution is -0.142. The monoisotopic (exact) mass is 333 g/mol. The highest BCUT2D eigenvalue weighted by Gasteiger charge is 2.36. The molecule has 0 aliphatic carbocycles. The largest absolute Gasteiger partial charge is 0.345 e. The number of carbonyl (C=O) groups is 2. The maximum Gasteiger partial charge on any atom is 0.253 e. The molecule has 0 unspecified atom stereocenters. The molecule has 0 aromatic heterocycles. The molecule has 0 spiro atoms. The number of hydrogen-bond donors (Lipinski definition) is 1. The van der Waals surface area contributed by atoms with E-state index in [2.05, 4.69) is 0 Å². The lowest BCUT2D eigenvalue weighted by atomic mass is 9.81. The Morgan fingerprint density at radius 1 is 1.04 bits per heavy atom. The van der Waals surface area contributed by atoms with E-state index in [1.807, 2.05) is 49.9 Å². The van der Waals surface area contributed by atoms with Crippen molar-refractivity contribution in [2.24, 2.45) is 11.1 Å². The molecule has 0 aliphatic heterocycles. The molecule has 0 saturated heterocycles. The van der Waals surface area contributed by atoms with Crippen LogP contribution >= 0.6 is 0 Å². The maximum absolute atomic E-state index is 12.9. The van der Waals surface area contributed by atoms with Gasteiger partial charge in [0.2, 0.25) is 5.91 Å². The molecule has 1 aromatic rings. The van der Waals surface area contributed by atoms with E-state index in [0.717, 1.165) is 18.4 Å². The van der Waals surface area contributed by atoms with Gasteiger partial charge in [-0.25, -0.2) is 0 Å². The molecule has 0 heterocycles. The number of benzene rings is 1. The van der Waals surface area contributed by atoms with Crippen LogP contribution in [0, 0.1) is 5.41 Å². The van der Waals surface area contributed by atoms with Gasteiger partial charge in [0.25, 0.3) is 5.91 Å². The second kappa shape index (κ2) is 8.83. The Labute approximate surface area is 145 Å². The molecule has 0 saturated carbocycles. The van der Waals surface area contributed by atoms with Crippen molar-refractivity contribution in [2.45, 2.75) is 40.2 Å². The highest BCUT2D eigenvalue weighted by atomic mass is 16.2. The van der Waals surface area contributed by atoms with Crippen molar-refractivity contribution in [3.8, 4) is 0 Å². The Balaban J connectivity index is 2.92. The van der Waals surface area contributed by atoms with E-state index in [0.29, 0.717) is 25.2 Å². The molecular weight excluding hydrogens is 302 g/mol. The predicted molar refractivity (Wildman–Crippen MR) is 97.6 cm³/mol. The molecule has 0 radical (unpaired) electrons. The summed E-state index contributed by atoms with van der Waals surface area (Å²) in [5, 5.41) is 0. The van der Waals surface area contributed by atoms with Crippen LogP contribution in [0.15, 0.2) is 24.3 Å². The third-order valence-electron chi connectivity index (χ3n) is 4.85. The Bertz CT molecular complexity index is 540. The number of rotatable bonds is 8. The Hall–Kier alpha value is -1.88. The quantitative estimate of drug-likeness (QED) is 0.795. The zero-order chi connectivity index (χ0) is 18.3. The normalized spacial score (nSPS) is 11.2. The van der Waals surface area contributed by atoms with Gasteiger partial charge in [0.15, 0.2) is 0 Å². The fourth-order valence-electron chi connectivity index (χ4n) is 2.82. The van der Waals surface area contributed by atoms with Crippen LogP contribution < -0.4 is 5.73 Å². The van der Waals surface area contributed by atoms with Gasteiger partial charge in [-0.3, -0.25) is 9.59 Å². The minimum Gasteiger partial charge on any atom is -0.345 e. The van der Waals surface area contributed by atoms with E-state index in [9.17, 15) is 9.59 Å². The summed E-state index contributed by atoms with van der Waals surface area (Å²) in [5.41, 5.74) is 7.09. The van der Waals surface area contributed by atoms with Crippen molar-refractivity contribution in [2.75, 3.05) is 27.2 Å². The first-order chi connectivity index (χ1) is 11.3. The van der Waals surface area contributed by atoms with Gasteiger partial charge in [-0.1, -0.05) is 26.0 Å². The lowest BCUT2D eigenvalue weighted by Crippen LogP contribution is -2.47. The molecule has 5 nitrogen and oxygen atoms in total. The number of amides is 2. The number of nitrogens with two attached hydrogens (primary N) is 1. The molecule has 2 N–H and O–H groups in total. The standard InChI is InChI=1S/C19H31N3O2/c1-6-19(7-2,14-20)18(24)22(8-3)13-15-9-11-16(12-10-15)17(23)21(4)5/h9-12H,6-8,13-14,20H2,1-5H3. The third kappa shape index (κ3) is 4.35. The first kappa shape index (κ1) is 20.2. The molecule has 2 amide bonds. The second-order valence-electron chi connectivity index (χ2n) is 6.41. The molecule has 0 atom stereocenters. The lowest BCUT2D eigenvalue weighted by Gasteiger charge is -2.35. The zero-order valence-corrected chi connectivity index (χ0v) is 15.6. The van der Waals surface area contributed by atoms with Gasteiger partial charge < -0.3 is 15.5 Å². The molecule has 0 bridgehead atoms. The summed E-state index contributed by atoms with van der Waals surface area (Å²) in [7, 11) is 3.46. The molecule has 0 fully saturated rings. The summed E-state index contributed by atoms with van der Waals surface area (Å²) in [5.74, 6) is 0.0926. The fraction of sp³-hybridized carbons (Fsp3) is 0.579. The van der Waals surface area contributed by atoms with Crippen LogP contribution in [0.3, 0.4) is 0 Å². The highest BCUT2D eigenvalue weighted by molar-refractivity contribution is 5.93. The molecule has 5 heteroatoms. The Morgan fingerprint density at radius 2 is 1.58 bits per heavy atom. The third-order valence-corrected chi connectivity index (χ3v) is 4.85. The topological polar surface area (TPSA) is 66.6 Å². The average Bonchev–Trinajstić information content (AvgIpc) is 2.61. The van der Waals surface area contributed by atoms with Gasteiger partial charge in [0.05, 0.1) is 5.41 Å². The van der Waals surface area contributed by atoms with E-state index >= 15 is 0 Å². The zero-order valence-electron chi connectivity index (χ0n) is 15.6. The van der Waals surface area contributed by atoms with Crippen LogP contribution in [-0.2, 0) is 11.3 Å². The van der Waals surface area contributed by atoms with Gasteiger partial charge in [-0.2, -0.15) is 0 Å². The maximum atomic E-state index is 12.9. The average molecular weight is 333 g/mol. The summed E-state index contributed by atoms with van der Waals surface area (Å²) in [4.78, 5) is 28.3. The van der Waals surface area contributed by atoms with Gasteiger partial charge in [0.1, 0.15) is 0 Å². The van der Waals surface area contributed by atoms with Crippen molar-refractivity contribution in [1.82, 2.24) is 9.80 Å². The molecule has 1 aromatic carbocycles. The van der Waals surface area contributed by atoms with Crippen molar-refractivity contribution < 1.29 is 9.59 Å². The number of hydrogen-bond acceptors (Lipinski definition) is 3. The smallest absolute Gasteiger partial charge is 0.253 e. The highest BCUT2D eigenvalue weighted by Crippen LogP contribution is 2.28. The summed E-state index contributed by atoms with van der Waals surface area (Å²) < 4.78 is 0. The second-order valence-corrected chi connectivity index (χ2v) is 6.41. The van der Waals surface area contributed by atoms with Gasteiger partial charge in [0, 0.05) is 39.3 Å². The summed E-state index contributed by atoms with van der Waals surface area (Å²) in [6.07, 6.45) is 1.48. The van der Waals surface area contributed by atoms with Crippen LogP contribution in [0.1, 0.15) is 49.5 Å². The van der Waals surface area contributed by atoms with E-state index < -0.39 is 5.41 Å². The van der Waals surface area contributed by atoms with Crippen molar-refractivity contribution in [3.05, 3.63) is 35.4 Å². The Morgan fingerprint density at radius 3 is 1.96 bits per heavy atom. The summed E-state index contributed by atoms with van der Waals surface area (Å²) in [6.45, 7) is 7.56. The minimum atomic E-state index is -0.475. The first-order valence-electron chi connectivity index (χ1n) is 8.65. The number of nitrogens with zero attached hydrogens (tertiary/aromatic N) is 2. The van der Waals surface area contributed by atoms with Gasteiger partial charge in [-0.15, -0.1) is 0 Å². The molecule has 24 heavy (non-hydrogen) atoms. The van der Waals surface area contributed by atoms with Crippen molar-refractivity contribution in [3.63, 3.8) is 0 Å². The van der Waals surface area contributed by atoms with E-state index in [1.165, 1.54) is 0 Å². The van der Waals surface area contributed by atoms with Crippen LogP contribution in [0.5, 0.6) is 0 Å². The molecular formula is C19H31N3O2. The van der Waals surface area contributed by atoms with Gasteiger partial charge >= 0.3 is 0 Å². The molecule has 134 valence electrons. The molecule has 0 aliphatic rings. The number of carbonyl (C=O) groups excluding carboxylic acids is 2. The summed E-state index contributed by atoms with van der Waals surface area (Å²) in [6, 6.07) is 7.45. The van der Waals surface area contributed by atoms with Crippen LogP contribution in [0.4, 0.5) is 0 Å². The van der Waals surface area contributed by atoms with E-state index in [-0.39, 0.29) is 11.8 Å². The van der Waals surface area contributed by atoms with Crippen molar-refractivity contribution >= 4 is 11.8 Å². The summed E-state index contributed by atoms with van der Waals surface area (Å²) >= 11 is 0. The van der Waals surface area contributed by atoms with Crippen LogP contribution in [0.2, 0.25) is 0 Å². The van der Waals surface area contributed by atoms with Gasteiger partial charge in [-0.05, 0) is 37.5 Å². The minimum absolute atomic E-state index is 0.0240. The van der Waals surface area contributed by atoms with E-state index in [4.69, 9.17) is 5.73 Å². The van der Waals surface area contributed by atoms with Crippen molar-refractivity contribution in [1.29, 1.82) is 0 Å². The Kier molecular flexibility index (Phi) is 7.42. The SMILES string of the molecule is CCN(Cc1ccc(C(=O)N(C)C)cc1)C(=O)C(CC)(CC)CN. The van der Waals surface area contributed by atoms with Crippen LogP contribution in [-0.4, -0.2) is 48.8 Å². The van der Waals surface area contributed by atoms with Crippen LogP contribution in [0.25, 0.3) is 0 Å². The predicted octanol–water partition coefficient (Wildman–Crippen LogP) is 2.50. The first-order valence-corrected chi connectivity index (χ1v) is 8.65. The van der Waals surface area contributed by atoms with E-state index in [1.54, 1.807) is 19.0 Å². The molecule has 1 rings (SSSR count).